The molecule has 1 saturated heterocycles. The Morgan fingerprint density at radius 2 is 1.75 bits per heavy atom. The first-order chi connectivity index (χ1) is 13.6. The monoisotopic (exact) mass is 373 g/mol. The number of nitrogens with zero attached hydrogens (tertiary/aromatic N) is 2. The van der Waals surface area contributed by atoms with Crippen LogP contribution in [0, 0.1) is 12.8 Å². The summed E-state index contributed by atoms with van der Waals surface area (Å²) in [4.78, 5) is 27.5. The Kier molecular flexibility index (Phi) is 5.06. The molecule has 1 aliphatic heterocycles. The third kappa shape index (κ3) is 3.60. The van der Waals surface area contributed by atoms with Crippen molar-refractivity contribution in [2.75, 3.05) is 13.1 Å². The summed E-state index contributed by atoms with van der Waals surface area (Å²) in [6, 6.07) is 17.9. The van der Waals surface area contributed by atoms with Crippen LogP contribution in [0.25, 0.3) is 11.1 Å². The summed E-state index contributed by atoms with van der Waals surface area (Å²) < 4.78 is 0. The number of carbonyl (C=O) groups is 2. The van der Waals surface area contributed by atoms with Crippen LogP contribution >= 0.6 is 0 Å². The summed E-state index contributed by atoms with van der Waals surface area (Å²) in [5.41, 5.74) is 4.27. The van der Waals surface area contributed by atoms with E-state index in [0.29, 0.717) is 24.2 Å². The minimum Gasteiger partial charge on any atom is -0.338 e. The number of benzene rings is 2. The normalized spacial score (nSPS) is 16.8. The molecule has 0 unspecified atom stereocenters. The second-order valence-electron chi connectivity index (χ2n) is 7.31. The molecule has 0 aliphatic carbocycles. The Bertz CT molecular complexity index is 977. The van der Waals surface area contributed by atoms with Crippen molar-refractivity contribution in [3.05, 3.63) is 77.6 Å². The number of hydrogen-bond donors (Lipinski definition) is 1. The van der Waals surface area contributed by atoms with Gasteiger partial charge in [-0.05, 0) is 30.9 Å². The molecule has 0 radical (unpaired) electrons. The Balaban J connectivity index is 1.47. The van der Waals surface area contributed by atoms with Crippen LogP contribution in [-0.4, -0.2) is 39.9 Å². The molecule has 0 bridgehead atoms. The van der Waals surface area contributed by atoms with Gasteiger partial charge in [0.25, 0.3) is 5.91 Å². The van der Waals surface area contributed by atoms with E-state index in [2.05, 4.69) is 22.3 Å². The highest BCUT2D eigenvalue weighted by Crippen LogP contribution is 2.25. The van der Waals surface area contributed by atoms with Gasteiger partial charge in [0, 0.05) is 30.3 Å². The van der Waals surface area contributed by atoms with Crippen LogP contribution in [0.2, 0.25) is 0 Å². The molecule has 28 heavy (non-hydrogen) atoms. The van der Waals surface area contributed by atoms with Gasteiger partial charge < -0.3 is 4.90 Å². The Morgan fingerprint density at radius 1 is 1.04 bits per heavy atom. The van der Waals surface area contributed by atoms with Gasteiger partial charge in [-0.25, -0.2) is 0 Å². The summed E-state index contributed by atoms with van der Waals surface area (Å²) in [7, 11) is 0. The van der Waals surface area contributed by atoms with Crippen molar-refractivity contribution in [1.82, 2.24) is 15.1 Å². The van der Waals surface area contributed by atoms with Crippen molar-refractivity contribution >= 4 is 11.7 Å². The number of aryl methyl sites for hydroxylation is 1. The first-order valence-corrected chi connectivity index (χ1v) is 9.62. The van der Waals surface area contributed by atoms with Crippen molar-refractivity contribution in [2.45, 2.75) is 19.8 Å². The van der Waals surface area contributed by atoms with Gasteiger partial charge in [0.15, 0.2) is 5.78 Å². The fraction of sp³-hybridized carbons (Fsp3) is 0.261. The molecule has 0 saturated carbocycles. The molecular weight excluding hydrogens is 350 g/mol. The third-order valence-electron chi connectivity index (χ3n) is 5.42. The Hall–Kier alpha value is -3.21. The van der Waals surface area contributed by atoms with Gasteiger partial charge >= 0.3 is 0 Å². The van der Waals surface area contributed by atoms with E-state index in [1.807, 2.05) is 49.4 Å². The van der Waals surface area contributed by atoms with Crippen molar-refractivity contribution < 1.29 is 9.59 Å². The van der Waals surface area contributed by atoms with Gasteiger partial charge in [0.1, 0.15) is 0 Å². The minimum absolute atomic E-state index is 0.0526. The van der Waals surface area contributed by atoms with E-state index in [0.717, 1.165) is 29.7 Å². The van der Waals surface area contributed by atoms with E-state index in [9.17, 15) is 9.59 Å². The van der Waals surface area contributed by atoms with Crippen molar-refractivity contribution in [1.29, 1.82) is 0 Å². The summed E-state index contributed by atoms with van der Waals surface area (Å²) in [5.74, 6) is -0.100. The van der Waals surface area contributed by atoms with Gasteiger partial charge in [-0.15, -0.1) is 0 Å². The van der Waals surface area contributed by atoms with E-state index in [4.69, 9.17) is 0 Å². The summed E-state index contributed by atoms with van der Waals surface area (Å²) >= 11 is 0. The van der Waals surface area contributed by atoms with Gasteiger partial charge in [0.2, 0.25) is 0 Å². The highest BCUT2D eigenvalue weighted by molar-refractivity contribution is 5.99. The van der Waals surface area contributed by atoms with Gasteiger partial charge in [-0.1, -0.05) is 54.6 Å². The standard InChI is InChI=1S/C23H23N3O2/c1-16-21(14-24-25-16)23(28)26-13-5-8-20(15-26)22(27)19-11-9-18(10-12-19)17-6-3-2-4-7-17/h2-4,6-7,9-12,14,20H,5,8,13,15H2,1H3,(H,24,25)/t20-/m0/s1. The number of piperidine rings is 1. The van der Waals surface area contributed by atoms with E-state index in [1.54, 1.807) is 11.1 Å². The van der Waals surface area contributed by atoms with Crippen LogP contribution < -0.4 is 0 Å². The van der Waals surface area contributed by atoms with Gasteiger partial charge in [0.05, 0.1) is 11.8 Å². The van der Waals surface area contributed by atoms with Gasteiger partial charge in [-0.3, -0.25) is 14.7 Å². The fourth-order valence-electron chi connectivity index (χ4n) is 3.81. The highest BCUT2D eigenvalue weighted by Gasteiger charge is 2.30. The molecule has 3 aromatic rings. The van der Waals surface area contributed by atoms with E-state index in [1.165, 1.54) is 0 Å². The molecule has 2 aromatic carbocycles. The molecule has 0 spiro atoms. The van der Waals surface area contributed by atoms with Crippen molar-refractivity contribution in [3.63, 3.8) is 0 Å². The average Bonchev–Trinajstić information content (AvgIpc) is 3.19. The predicted molar refractivity (Wildman–Crippen MR) is 108 cm³/mol. The third-order valence-corrected chi connectivity index (χ3v) is 5.42. The average molecular weight is 373 g/mol. The second-order valence-corrected chi connectivity index (χ2v) is 7.31. The van der Waals surface area contributed by atoms with E-state index in [-0.39, 0.29) is 17.6 Å². The zero-order valence-corrected chi connectivity index (χ0v) is 15.9. The molecule has 1 amide bonds. The minimum atomic E-state index is -0.160. The van der Waals surface area contributed by atoms with Crippen molar-refractivity contribution in [3.8, 4) is 11.1 Å². The SMILES string of the molecule is Cc1[nH]ncc1C(=O)N1CCC[C@H](C(=O)c2ccc(-c3ccccc3)cc2)C1. The summed E-state index contributed by atoms with van der Waals surface area (Å²) in [5, 5.41) is 6.74. The molecule has 142 valence electrons. The zero-order valence-electron chi connectivity index (χ0n) is 15.9. The molecule has 1 aliphatic rings. The number of amides is 1. The number of aromatic amines is 1. The van der Waals surface area contributed by atoms with Crippen molar-refractivity contribution in [2.24, 2.45) is 5.92 Å². The lowest BCUT2D eigenvalue weighted by atomic mass is 9.89. The largest absolute Gasteiger partial charge is 0.338 e. The molecule has 1 N–H and O–H groups in total. The lowest BCUT2D eigenvalue weighted by Crippen LogP contribution is -2.42. The van der Waals surface area contributed by atoms with Crippen LogP contribution in [0.15, 0.2) is 60.8 Å². The number of carbonyl (C=O) groups excluding carboxylic acids is 2. The van der Waals surface area contributed by atoms with Crippen LogP contribution in [-0.2, 0) is 0 Å². The maximum atomic E-state index is 13.0. The fourth-order valence-corrected chi connectivity index (χ4v) is 3.81. The predicted octanol–water partition coefficient (Wildman–Crippen LogP) is 4.12. The smallest absolute Gasteiger partial charge is 0.257 e. The van der Waals surface area contributed by atoms with Crippen LogP contribution in [0.3, 0.4) is 0 Å². The van der Waals surface area contributed by atoms with Gasteiger partial charge in [-0.2, -0.15) is 5.10 Å². The Morgan fingerprint density at radius 3 is 2.43 bits per heavy atom. The molecular formula is C23H23N3O2. The number of nitrogens with one attached hydrogen (secondary N) is 1. The summed E-state index contributed by atoms with van der Waals surface area (Å²) in [6.45, 7) is 2.98. The molecule has 4 rings (SSSR count). The zero-order chi connectivity index (χ0) is 19.5. The quantitative estimate of drug-likeness (QED) is 0.700. The van der Waals surface area contributed by atoms with Crippen LogP contribution in [0.5, 0.6) is 0 Å². The number of ketones is 1. The number of hydrogen-bond acceptors (Lipinski definition) is 3. The first kappa shape index (κ1) is 18.2. The molecule has 1 atom stereocenters. The number of Topliss-reactive ketones (excluding diaryl/α,β-unsaturated/α-hetero) is 1. The van der Waals surface area contributed by atoms with Crippen LogP contribution in [0.4, 0.5) is 0 Å². The molecule has 1 fully saturated rings. The number of aromatic nitrogens is 2. The molecule has 5 nitrogen and oxygen atoms in total. The lowest BCUT2D eigenvalue weighted by molar-refractivity contribution is 0.0636. The maximum absolute atomic E-state index is 13.0. The second kappa shape index (κ2) is 7.80. The lowest BCUT2D eigenvalue weighted by Gasteiger charge is -2.32. The summed E-state index contributed by atoms with van der Waals surface area (Å²) in [6.07, 6.45) is 3.21. The Labute approximate surface area is 164 Å². The highest BCUT2D eigenvalue weighted by atomic mass is 16.2. The van der Waals surface area contributed by atoms with E-state index >= 15 is 0 Å². The van der Waals surface area contributed by atoms with E-state index < -0.39 is 0 Å². The number of rotatable bonds is 4. The maximum Gasteiger partial charge on any atom is 0.257 e. The number of likely N-dealkylation sites (tertiary alicyclic amines) is 1. The number of H-pyrrole nitrogens is 1. The molecule has 1 aromatic heterocycles. The first-order valence-electron chi connectivity index (χ1n) is 9.62. The topological polar surface area (TPSA) is 66.1 Å². The van der Waals surface area contributed by atoms with Crippen LogP contribution in [0.1, 0.15) is 39.3 Å². The molecule has 5 heteroatoms. The molecule has 2 heterocycles.